The number of halogens is 1. The topological polar surface area (TPSA) is 38.4 Å². The third kappa shape index (κ3) is 1.55. The maximum Gasteiger partial charge on any atom is 0.126 e. The van der Waals surface area contributed by atoms with Gasteiger partial charge in [-0.3, -0.25) is 0 Å². The van der Waals surface area contributed by atoms with Gasteiger partial charge in [-0.2, -0.15) is 5.10 Å². The molecule has 3 heteroatoms. The Kier molecular flexibility index (Phi) is 2.21. The number of hydrogen-bond donors (Lipinski definition) is 1. The van der Waals surface area contributed by atoms with Crippen molar-refractivity contribution in [3.8, 4) is 0 Å². The molecule has 0 atom stereocenters. The standard InChI is InChI=1S/C8H9FN2/c1-6-7(5-11-10)3-2-4-8(6)9/h2-5H,10H2,1H3. The van der Waals surface area contributed by atoms with Crippen molar-refractivity contribution in [2.45, 2.75) is 6.92 Å². The van der Waals surface area contributed by atoms with Gasteiger partial charge in [-0.15, -0.1) is 0 Å². The average molecular weight is 152 g/mol. The first-order valence-electron chi connectivity index (χ1n) is 3.24. The summed E-state index contributed by atoms with van der Waals surface area (Å²) in [5, 5.41) is 3.32. The highest BCUT2D eigenvalue weighted by atomic mass is 19.1. The fraction of sp³-hybridized carbons (Fsp3) is 0.125. The molecule has 0 aliphatic heterocycles. The molecule has 2 nitrogen and oxygen atoms in total. The number of hydrazone groups is 1. The molecule has 0 bridgehead atoms. The van der Waals surface area contributed by atoms with Crippen LogP contribution in [0, 0.1) is 12.7 Å². The number of rotatable bonds is 1. The highest BCUT2D eigenvalue weighted by Crippen LogP contribution is 2.09. The second kappa shape index (κ2) is 3.14. The van der Waals surface area contributed by atoms with Crippen LogP contribution in [0.5, 0.6) is 0 Å². The van der Waals surface area contributed by atoms with Gasteiger partial charge >= 0.3 is 0 Å². The van der Waals surface area contributed by atoms with Crippen LogP contribution >= 0.6 is 0 Å². The van der Waals surface area contributed by atoms with Gasteiger partial charge in [-0.1, -0.05) is 12.1 Å². The summed E-state index contributed by atoms with van der Waals surface area (Å²) in [6, 6.07) is 4.79. The van der Waals surface area contributed by atoms with E-state index in [9.17, 15) is 4.39 Å². The Morgan fingerprint density at radius 1 is 1.55 bits per heavy atom. The van der Waals surface area contributed by atoms with Gasteiger partial charge in [-0.05, 0) is 18.6 Å². The lowest BCUT2D eigenvalue weighted by atomic mass is 10.1. The zero-order valence-corrected chi connectivity index (χ0v) is 6.21. The van der Waals surface area contributed by atoms with Gasteiger partial charge < -0.3 is 5.84 Å². The molecular weight excluding hydrogens is 143 g/mol. The van der Waals surface area contributed by atoms with Gasteiger partial charge in [0.25, 0.3) is 0 Å². The molecule has 0 heterocycles. The van der Waals surface area contributed by atoms with Crippen molar-refractivity contribution in [2.24, 2.45) is 10.9 Å². The van der Waals surface area contributed by atoms with Crippen molar-refractivity contribution < 1.29 is 4.39 Å². The summed E-state index contributed by atoms with van der Waals surface area (Å²) in [7, 11) is 0. The zero-order valence-electron chi connectivity index (χ0n) is 6.21. The van der Waals surface area contributed by atoms with Crippen LogP contribution < -0.4 is 5.84 Å². The highest BCUT2D eigenvalue weighted by molar-refractivity contribution is 5.81. The molecule has 0 aromatic heterocycles. The van der Waals surface area contributed by atoms with E-state index in [2.05, 4.69) is 5.10 Å². The van der Waals surface area contributed by atoms with Crippen molar-refractivity contribution in [2.75, 3.05) is 0 Å². The van der Waals surface area contributed by atoms with Crippen LogP contribution in [0.2, 0.25) is 0 Å². The minimum absolute atomic E-state index is 0.234. The van der Waals surface area contributed by atoms with Gasteiger partial charge in [0.2, 0.25) is 0 Å². The van der Waals surface area contributed by atoms with Gasteiger partial charge in [0.15, 0.2) is 0 Å². The predicted molar refractivity (Wildman–Crippen MR) is 42.9 cm³/mol. The second-order valence-corrected chi connectivity index (χ2v) is 2.23. The lowest BCUT2D eigenvalue weighted by Crippen LogP contribution is -1.92. The highest BCUT2D eigenvalue weighted by Gasteiger charge is 1.99. The number of hydrogen-bond acceptors (Lipinski definition) is 2. The van der Waals surface area contributed by atoms with E-state index in [4.69, 9.17) is 5.84 Å². The predicted octanol–water partition coefficient (Wildman–Crippen LogP) is 1.43. The Morgan fingerprint density at radius 2 is 2.27 bits per heavy atom. The van der Waals surface area contributed by atoms with E-state index >= 15 is 0 Å². The summed E-state index contributed by atoms with van der Waals surface area (Å²) < 4.78 is 12.8. The molecule has 1 aromatic carbocycles. The van der Waals surface area contributed by atoms with Gasteiger partial charge in [-0.25, -0.2) is 4.39 Å². The van der Waals surface area contributed by atoms with Crippen LogP contribution in [0.25, 0.3) is 0 Å². The van der Waals surface area contributed by atoms with E-state index in [-0.39, 0.29) is 5.82 Å². The molecule has 0 fully saturated rings. The van der Waals surface area contributed by atoms with E-state index in [0.717, 1.165) is 0 Å². The van der Waals surface area contributed by atoms with Crippen LogP contribution in [0.15, 0.2) is 23.3 Å². The SMILES string of the molecule is Cc1c(F)cccc1C=NN. The van der Waals surface area contributed by atoms with E-state index in [1.54, 1.807) is 19.1 Å². The Bertz CT molecular complexity index is 281. The average Bonchev–Trinajstić information content (AvgIpc) is 1.99. The van der Waals surface area contributed by atoms with Crippen molar-refractivity contribution >= 4 is 6.21 Å². The second-order valence-electron chi connectivity index (χ2n) is 2.23. The number of nitrogens with two attached hydrogens (primary N) is 1. The van der Waals surface area contributed by atoms with Crippen molar-refractivity contribution in [1.82, 2.24) is 0 Å². The molecular formula is C8H9FN2. The summed E-state index contributed by atoms with van der Waals surface area (Å²) in [6.07, 6.45) is 1.43. The Balaban J connectivity index is 3.16. The molecule has 2 N–H and O–H groups in total. The molecule has 1 aromatic rings. The quantitative estimate of drug-likeness (QED) is 0.369. The summed E-state index contributed by atoms with van der Waals surface area (Å²) in [6.45, 7) is 1.69. The summed E-state index contributed by atoms with van der Waals surface area (Å²) in [5.41, 5.74) is 1.29. The van der Waals surface area contributed by atoms with Gasteiger partial charge in [0, 0.05) is 5.56 Å². The maximum atomic E-state index is 12.8. The molecule has 0 aliphatic carbocycles. The first-order valence-corrected chi connectivity index (χ1v) is 3.24. The summed E-state index contributed by atoms with van der Waals surface area (Å²) in [4.78, 5) is 0. The third-order valence-corrected chi connectivity index (χ3v) is 1.52. The number of benzene rings is 1. The van der Waals surface area contributed by atoms with Crippen LogP contribution in [0.3, 0.4) is 0 Å². The minimum atomic E-state index is -0.234. The van der Waals surface area contributed by atoms with E-state index in [0.29, 0.717) is 11.1 Å². The zero-order chi connectivity index (χ0) is 8.27. The lowest BCUT2D eigenvalue weighted by Gasteiger charge is -1.98. The monoisotopic (exact) mass is 152 g/mol. The molecule has 0 amide bonds. The van der Waals surface area contributed by atoms with Crippen LogP contribution in [0.4, 0.5) is 4.39 Å². The first kappa shape index (κ1) is 7.72. The molecule has 11 heavy (non-hydrogen) atoms. The smallest absolute Gasteiger partial charge is 0.126 e. The Labute approximate surface area is 64.5 Å². The van der Waals surface area contributed by atoms with E-state index in [1.165, 1.54) is 12.3 Å². The lowest BCUT2D eigenvalue weighted by molar-refractivity contribution is 0.618. The summed E-state index contributed by atoms with van der Waals surface area (Å²) >= 11 is 0. The maximum absolute atomic E-state index is 12.8. The fourth-order valence-electron chi connectivity index (χ4n) is 0.844. The molecule has 0 aliphatic rings. The van der Waals surface area contributed by atoms with Crippen molar-refractivity contribution in [3.63, 3.8) is 0 Å². The minimum Gasteiger partial charge on any atom is -0.323 e. The van der Waals surface area contributed by atoms with Gasteiger partial charge in [0.1, 0.15) is 5.82 Å². The first-order chi connectivity index (χ1) is 5.25. The largest absolute Gasteiger partial charge is 0.323 e. The van der Waals surface area contributed by atoms with Crippen LogP contribution in [-0.2, 0) is 0 Å². The Morgan fingerprint density at radius 3 is 2.91 bits per heavy atom. The fourth-order valence-corrected chi connectivity index (χ4v) is 0.844. The van der Waals surface area contributed by atoms with Crippen LogP contribution in [-0.4, -0.2) is 6.21 Å². The van der Waals surface area contributed by atoms with Crippen molar-refractivity contribution in [3.05, 3.63) is 35.1 Å². The van der Waals surface area contributed by atoms with Gasteiger partial charge in [0.05, 0.1) is 6.21 Å². The molecule has 1 rings (SSSR count). The molecule has 0 saturated carbocycles. The van der Waals surface area contributed by atoms with Crippen molar-refractivity contribution in [1.29, 1.82) is 0 Å². The normalized spacial score (nSPS) is 10.7. The van der Waals surface area contributed by atoms with E-state index in [1.807, 2.05) is 0 Å². The van der Waals surface area contributed by atoms with Crippen LogP contribution in [0.1, 0.15) is 11.1 Å². The Hall–Kier alpha value is -1.38. The molecule has 0 unspecified atom stereocenters. The molecule has 58 valence electrons. The number of nitrogens with zero attached hydrogens (tertiary/aromatic N) is 1. The molecule has 0 spiro atoms. The molecule has 0 radical (unpaired) electrons. The summed E-state index contributed by atoms with van der Waals surface area (Å²) in [5.74, 6) is 4.69. The van der Waals surface area contributed by atoms with E-state index < -0.39 is 0 Å². The molecule has 0 saturated heterocycles. The third-order valence-electron chi connectivity index (χ3n) is 1.52.